The van der Waals surface area contributed by atoms with Crippen molar-refractivity contribution in [2.75, 3.05) is 5.32 Å². The van der Waals surface area contributed by atoms with Crippen molar-refractivity contribution in [2.24, 2.45) is 0 Å². The number of amides is 1. The number of carbonyl (C=O) groups excluding carboxylic acids is 2. The lowest BCUT2D eigenvalue weighted by molar-refractivity contribution is -0.117. The minimum Gasteiger partial charge on any atom is -0.325 e. The van der Waals surface area contributed by atoms with Gasteiger partial charge < -0.3 is 10.1 Å². The molecule has 1 N–H and O–H groups in total. The molecular weight excluding hydrogens is 192 g/mol. The van der Waals surface area contributed by atoms with Crippen molar-refractivity contribution in [1.82, 2.24) is 4.98 Å². The van der Waals surface area contributed by atoms with Crippen molar-refractivity contribution in [2.45, 2.75) is 26.2 Å². The van der Waals surface area contributed by atoms with Gasteiger partial charge in [0.1, 0.15) is 5.78 Å². The largest absolute Gasteiger partial charge is 0.325 e. The highest BCUT2D eigenvalue weighted by atomic mass is 16.1. The number of nitrogens with zero attached hydrogens (tertiary/aromatic N) is 1. The molecule has 0 spiro atoms. The van der Waals surface area contributed by atoms with E-state index in [9.17, 15) is 9.59 Å². The molecule has 1 amide bonds. The molecule has 0 saturated heterocycles. The number of ketones is 1. The molecular formula is C11H14N2O2. The predicted molar refractivity (Wildman–Crippen MR) is 57.4 cm³/mol. The third kappa shape index (κ3) is 4.90. The molecule has 15 heavy (non-hydrogen) atoms. The van der Waals surface area contributed by atoms with E-state index in [1.807, 2.05) is 0 Å². The van der Waals surface area contributed by atoms with Crippen LogP contribution in [0.4, 0.5) is 5.69 Å². The zero-order valence-electron chi connectivity index (χ0n) is 8.69. The standard InChI is InChI=1S/C11H14N2O2/c1-9(14)4-2-6-11(15)13-10-5-3-7-12-8-10/h3,5,7-8H,2,4,6H2,1H3,(H,13,15). The first kappa shape index (κ1) is 11.4. The Morgan fingerprint density at radius 2 is 2.20 bits per heavy atom. The second-order valence-corrected chi connectivity index (χ2v) is 3.35. The Labute approximate surface area is 88.7 Å². The Kier molecular flexibility index (Phi) is 4.47. The molecule has 0 fully saturated rings. The van der Waals surface area contributed by atoms with Gasteiger partial charge in [0.25, 0.3) is 0 Å². The Hall–Kier alpha value is -1.71. The Morgan fingerprint density at radius 3 is 2.80 bits per heavy atom. The summed E-state index contributed by atoms with van der Waals surface area (Å²) in [6.45, 7) is 1.53. The summed E-state index contributed by atoms with van der Waals surface area (Å²) >= 11 is 0. The molecule has 4 heteroatoms. The van der Waals surface area contributed by atoms with Crippen LogP contribution >= 0.6 is 0 Å². The van der Waals surface area contributed by atoms with Gasteiger partial charge in [-0.05, 0) is 25.5 Å². The highest BCUT2D eigenvalue weighted by Crippen LogP contribution is 2.05. The van der Waals surface area contributed by atoms with Crippen molar-refractivity contribution in [3.05, 3.63) is 24.5 Å². The summed E-state index contributed by atoms with van der Waals surface area (Å²) in [5, 5.41) is 2.70. The van der Waals surface area contributed by atoms with Gasteiger partial charge >= 0.3 is 0 Å². The average molecular weight is 206 g/mol. The molecule has 1 aromatic heterocycles. The molecule has 0 saturated carbocycles. The van der Waals surface area contributed by atoms with Crippen molar-refractivity contribution >= 4 is 17.4 Å². The van der Waals surface area contributed by atoms with Crippen molar-refractivity contribution in [1.29, 1.82) is 0 Å². The van der Waals surface area contributed by atoms with E-state index in [0.717, 1.165) is 0 Å². The highest BCUT2D eigenvalue weighted by molar-refractivity contribution is 5.90. The van der Waals surface area contributed by atoms with Crippen LogP contribution in [0.1, 0.15) is 26.2 Å². The molecule has 4 nitrogen and oxygen atoms in total. The molecule has 0 aliphatic rings. The third-order valence-electron chi connectivity index (χ3n) is 1.88. The van der Waals surface area contributed by atoms with E-state index in [0.29, 0.717) is 24.9 Å². The maximum atomic E-state index is 11.3. The smallest absolute Gasteiger partial charge is 0.224 e. The van der Waals surface area contributed by atoms with Crippen LogP contribution in [0.3, 0.4) is 0 Å². The number of hydrogen-bond acceptors (Lipinski definition) is 3. The Morgan fingerprint density at radius 1 is 1.40 bits per heavy atom. The molecule has 0 aromatic carbocycles. The molecule has 1 rings (SSSR count). The van der Waals surface area contributed by atoms with Crippen molar-refractivity contribution < 1.29 is 9.59 Å². The molecule has 0 radical (unpaired) electrons. The maximum absolute atomic E-state index is 11.3. The van der Waals surface area contributed by atoms with E-state index in [-0.39, 0.29) is 11.7 Å². The average Bonchev–Trinajstić information content (AvgIpc) is 2.18. The summed E-state index contributed by atoms with van der Waals surface area (Å²) in [7, 11) is 0. The van der Waals surface area contributed by atoms with E-state index in [4.69, 9.17) is 0 Å². The van der Waals surface area contributed by atoms with Crippen LogP contribution in [0.2, 0.25) is 0 Å². The van der Waals surface area contributed by atoms with Crippen LogP contribution in [-0.4, -0.2) is 16.7 Å². The molecule has 0 aliphatic heterocycles. The second kappa shape index (κ2) is 5.90. The summed E-state index contributed by atoms with van der Waals surface area (Å²) in [5.41, 5.74) is 0.685. The van der Waals surface area contributed by atoms with E-state index < -0.39 is 0 Å². The van der Waals surface area contributed by atoms with E-state index in [1.54, 1.807) is 24.5 Å². The van der Waals surface area contributed by atoms with Gasteiger partial charge in [0.15, 0.2) is 0 Å². The fourth-order valence-electron chi connectivity index (χ4n) is 1.16. The number of anilines is 1. The minimum absolute atomic E-state index is 0.0794. The molecule has 0 aliphatic carbocycles. The van der Waals surface area contributed by atoms with Gasteiger partial charge in [0.05, 0.1) is 11.9 Å². The normalized spacial score (nSPS) is 9.67. The highest BCUT2D eigenvalue weighted by Gasteiger charge is 2.02. The fraction of sp³-hybridized carbons (Fsp3) is 0.364. The van der Waals surface area contributed by atoms with E-state index >= 15 is 0 Å². The predicted octanol–water partition coefficient (Wildman–Crippen LogP) is 1.78. The molecule has 0 atom stereocenters. The van der Waals surface area contributed by atoms with Gasteiger partial charge in [-0.15, -0.1) is 0 Å². The summed E-state index contributed by atoms with van der Waals surface area (Å²) in [4.78, 5) is 25.9. The van der Waals surface area contributed by atoms with Crippen molar-refractivity contribution in [3.8, 4) is 0 Å². The van der Waals surface area contributed by atoms with Gasteiger partial charge in [0.2, 0.25) is 5.91 Å². The number of hydrogen-bond donors (Lipinski definition) is 1. The second-order valence-electron chi connectivity index (χ2n) is 3.35. The first-order valence-corrected chi connectivity index (χ1v) is 4.88. The SMILES string of the molecule is CC(=O)CCCC(=O)Nc1cccnc1. The lowest BCUT2D eigenvalue weighted by atomic mass is 10.2. The maximum Gasteiger partial charge on any atom is 0.224 e. The van der Waals surface area contributed by atoms with Crippen LogP contribution in [-0.2, 0) is 9.59 Å². The van der Waals surface area contributed by atoms with Gasteiger partial charge in [0, 0.05) is 19.0 Å². The zero-order valence-corrected chi connectivity index (χ0v) is 8.69. The van der Waals surface area contributed by atoms with Gasteiger partial charge in [-0.3, -0.25) is 9.78 Å². The summed E-state index contributed by atoms with van der Waals surface area (Å²) < 4.78 is 0. The van der Waals surface area contributed by atoms with Gasteiger partial charge in [-0.2, -0.15) is 0 Å². The van der Waals surface area contributed by atoms with E-state index in [2.05, 4.69) is 10.3 Å². The first-order valence-electron chi connectivity index (χ1n) is 4.88. The van der Waals surface area contributed by atoms with E-state index in [1.165, 1.54) is 6.92 Å². The van der Waals surface area contributed by atoms with Gasteiger partial charge in [-0.25, -0.2) is 0 Å². The molecule has 1 aromatic rings. The van der Waals surface area contributed by atoms with Crippen LogP contribution < -0.4 is 5.32 Å². The third-order valence-corrected chi connectivity index (χ3v) is 1.88. The number of Topliss-reactive ketones (excluding diaryl/α,β-unsaturated/α-hetero) is 1. The summed E-state index contributed by atoms with van der Waals surface area (Å²) in [6.07, 6.45) is 4.66. The van der Waals surface area contributed by atoms with Crippen LogP contribution in [0.5, 0.6) is 0 Å². The lowest BCUT2D eigenvalue weighted by Crippen LogP contribution is -2.11. The lowest BCUT2D eigenvalue weighted by Gasteiger charge is -2.03. The summed E-state index contributed by atoms with van der Waals surface area (Å²) in [6, 6.07) is 3.53. The topological polar surface area (TPSA) is 59.1 Å². The van der Waals surface area contributed by atoms with Crippen LogP contribution in [0.25, 0.3) is 0 Å². The molecule has 1 heterocycles. The summed E-state index contributed by atoms with van der Waals surface area (Å²) in [5.74, 6) is 0.0356. The minimum atomic E-state index is -0.0794. The Balaban J connectivity index is 2.28. The number of aromatic nitrogens is 1. The molecule has 0 bridgehead atoms. The van der Waals surface area contributed by atoms with Crippen LogP contribution in [0, 0.1) is 0 Å². The number of carbonyl (C=O) groups is 2. The van der Waals surface area contributed by atoms with Crippen molar-refractivity contribution in [3.63, 3.8) is 0 Å². The fourth-order valence-corrected chi connectivity index (χ4v) is 1.16. The zero-order chi connectivity index (χ0) is 11.1. The quantitative estimate of drug-likeness (QED) is 0.798. The number of rotatable bonds is 5. The number of pyridine rings is 1. The molecule has 80 valence electrons. The first-order chi connectivity index (χ1) is 7.18. The van der Waals surface area contributed by atoms with Gasteiger partial charge in [-0.1, -0.05) is 0 Å². The molecule has 0 unspecified atom stereocenters. The monoisotopic (exact) mass is 206 g/mol. The van der Waals surface area contributed by atoms with Crippen LogP contribution in [0.15, 0.2) is 24.5 Å². The number of nitrogens with one attached hydrogen (secondary N) is 1. The Bertz CT molecular complexity index is 336.